The van der Waals surface area contributed by atoms with Crippen LogP contribution in [0.2, 0.25) is 5.02 Å². The minimum Gasteiger partial charge on any atom is -0.489 e. The number of pyridine rings is 1. The number of nitrogens with zero attached hydrogens (tertiary/aromatic N) is 8. The van der Waals surface area contributed by atoms with Crippen molar-refractivity contribution in [2.75, 3.05) is 50.1 Å². The fraction of sp³-hybridized carbons (Fsp3) is 0.394. The van der Waals surface area contributed by atoms with Crippen molar-refractivity contribution in [3.8, 4) is 22.7 Å². The number of piperazine rings is 1. The van der Waals surface area contributed by atoms with Crippen molar-refractivity contribution in [2.24, 2.45) is 0 Å². The number of halogens is 2. The molecule has 0 unspecified atom stereocenters. The number of ether oxygens (including phenoxy) is 1. The predicted octanol–water partition coefficient (Wildman–Crippen LogP) is 4.94. The van der Waals surface area contributed by atoms with E-state index < -0.39 is 11.5 Å². The van der Waals surface area contributed by atoms with Crippen molar-refractivity contribution in [1.29, 1.82) is 0 Å². The monoisotopic (exact) mass is 646 g/mol. The first-order valence-electron chi connectivity index (χ1n) is 15.2. The van der Waals surface area contributed by atoms with Crippen LogP contribution in [0.4, 0.5) is 16.2 Å². The minimum absolute atomic E-state index is 0.0945. The molecular formula is C33H36ClFN8O3. The third-order valence-electron chi connectivity index (χ3n) is 8.34. The van der Waals surface area contributed by atoms with E-state index in [1.54, 1.807) is 23.1 Å². The van der Waals surface area contributed by atoms with E-state index in [0.29, 0.717) is 53.9 Å². The second-order valence-corrected chi connectivity index (χ2v) is 12.7. The quantitative estimate of drug-likeness (QED) is 0.269. The van der Waals surface area contributed by atoms with Gasteiger partial charge in [-0.25, -0.2) is 28.7 Å². The summed E-state index contributed by atoms with van der Waals surface area (Å²) in [5.74, 6) is 0.150. The summed E-state index contributed by atoms with van der Waals surface area (Å²) < 4.78 is 23.2. The third kappa shape index (κ3) is 5.14. The molecule has 0 saturated carbocycles. The summed E-state index contributed by atoms with van der Waals surface area (Å²) in [6, 6.07) is 5.84. The standard InChI is InChI=1S/C33H36ClFN8O3/c1-8-22(44)41-13-14-42-19(15-41)16-46-29-23-30(42)39-33(45)43(31(23)36-27(24(29)34)20-11-9-10-12-21(20)35)28-25(17(2)3)37-32(40(6)7)38-26(28)18(4)5/h8-12,17-19H,1,13-16H2,2-7H3/t19-/m1/s1. The molecule has 0 bridgehead atoms. The predicted molar refractivity (Wildman–Crippen MR) is 177 cm³/mol. The zero-order chi connectivity index (χ0) is 33.0. The lowest BCUT2D eigenvalue weighted by molar-refractivity contribution is -0.126. The van der Waals surface area contributed by atoms with Crippen LogP contribution >= 0.6 is 11.6 Å². The fourth-order valence-corrected chi connectivity index (χ4v) is 6.35. The van der Waals surface area contributed by atoms with Crippen molar-refractivity contribution >= 4 is 40.3 Å². The zero-order valence-electron chi connectivity index (χ0n) is 26.7. The SMILES string of the molecule is C=CC(=O)N1CCN2c3nc(=O)n(-c4c(C(C)C)nc(N(C)C)nc4C(C)C)c4nc(-c5ccccc5F)c(Cl)c(c34)OC[C@H]2C1. The van der Waals surface area contributed by atoms with Crippen LogP contribution in [0.15, 0.2) is 41.7 Å². The van der Waals surface area contributed by atoms with E-state index in [4.69, 9.17) is 31.3 Å². The lowest BCUT2D eigenvalue weighted by atomic mass is 10.0. The minimum atomic E-state index is -0.599. The Balaban J connectivity index is 1.73. The Kier molecular flexibility index (Phi) is 8.18. The van der Waals surface area contributed by atoms with Crippen LogP contribution in [0, 0.1) is 5.82 Å². The maximum Gasteiger partial charge on any atom is 0.355 e. The number of aromatic nitrogens is 5. The highest BCUT2D eigenvalue weighted by molar-refractivity contribution is 6.36. The second kappa shape index (κ2) is 12.0. The van der Waals surface area contributed by atoms with Gasteiger partial charge in [0.05, 0.1) is 28.8 Å². The van der Waals surface area contributed by atoms with Gasteiger partial charge in [-0.05, 0) is 30.0 Å². The number of anilines is 2. The van der Waals surface area contributed by atoms with Gasteiger partial charge in [0.15, 0.2) is 11.4 Å². The molecule has 0 aliphatic carbocycles. The van der Waals surface area contributed by atoms with E-state index in [1.165, 1.54) is 16.7 Å². The number of amides is 1. The Hall–Kier alpha value is -4.58. The molecule has 1 atom stereocenters. The van der Waals surface area contributed by atoms with Crippen LogP contribution in [-0.4, -0.2) is 81.7 Å². The Bertz CT molecular complexity index is 1910. The average Bonchev–Trinajstić information content (AvgIpc) is 3.19. The molecule has 13 heteroatoms. The number of hydrogen-bond donors (Lipinski definition) is 0. The van der Waals surface area contributed by atoms with Gasteiger partial charge in [0.25, 0.3) is 0 Å². The average molecular weight is 647 g/mol. The first-order chi connectivity index (χ1) is 21.9. The van der Waals surface area contributed by atoms with Crippen LogP contribution in [0.3, 0.4) is 0 Å². The van der Waals surface area contributed by atoms with Gasteiger partial charge in [0.2, 0.25) is 11.9 Å². The Morgan fingerprint density at radius 1 is 1.09 bits per heavy atom. The molecule has 1 fully saturated rings. The second-order valence-electron chi connectivity index (χ2n) is 12.3. The summed E-state index contributed by atoms with van der Waals surface area (Å²) in [4.78, 5) is 51.8. The van der Waals surface area contributed by atoms with Crippen LogP contribution in [0.1, 0.15) is 50.9 Å². The number of carbonyl (C=O) groups excluding carboxylic acids is 1. The third-order valence-corrected chi connectivity index (χ3v) is 8.69. The van der Waals surface area contributed by atoms with E-state index in [9.17, 15) is 9.59 Å². The molecule has 0 spiro atoms. The molecule has 46 heavy (non-hydrogen) atoms. The van der Waals surface area contributed by atoms with Gasteiger partial charge in [-0.15, -0.1) is 0 Å². The number of benzene rings is 1. The number of fused-ring (bicyclic) bond motifs is 2. The van der Waals surface area contributed by atoms with E-state index in [0.717, 1.165) is 0 Å². The maximum atomic E-state index is 15.3. The summed E-state index contributed by atoms with van der Waals surface area (Å²) >= 11 is 7.03. The van der Waals surface area contributed by atoms with E-state index in [-0.39, 0.29) is 58.1 Å². The largest absolute Gasteiger partial charge is 0.489 e. The van der Waals surface area contributed by atoms with Crippen LogP contribution in [0.5, 0.6) is 5.75 Å². The molecule has 1 amide bonds. The molecule has 1 saturated heterocycles. The number of rotatable bonds is 6. The van der Waals surface area contributed by atoms with Crippen LogP contribution in [-0.2, 0) is 4.79 Å². The summed E-state index contributed by atoms with van der Waals surface area (Å²) in [5.41, 5.74) is 1.62. The highest BCUT2D eigenvalue weighted by Gasteiger charge is 2.38. The fourth-order valence-electron chi connectivity index (χ4n) is 6.05. The molecule has 6 rings (SSSR count). The highest BCUT2D eigenvalue weighted by atomic mass is 35.5. The molecule has 0 N–H and O–H groups in total. The lowest BCUT2D eigenvalue weighted by Crippen LogP contribution is -2.56. The Morgan fingerprint density at radius 2 is 1.76 bits per heavy atom. The molecule has 240 valence electrons. The molecule has 5 heterocycles. The normalized spacial score (nSPS) is 16.0. The highest BCUT2D eigenvalue weighted by Crippen LogP contribution is 2.46. The molecule has 2 aliphatic heterocycles. The Morgan fingerprint density at radius 3 is 2.37 bits per heavy atom. The molecule has 0 radical (unpaired) electrons. The molecule has 4 aromatic rings. The van der Waals surface area contributed by atoms with Gasteiger partial charge < -0.3 is 19.4 Å². The van der Waals surface area contributed by atoms with Gasteiger partial charge in [-0.1, -0.05) is 58.0 Å². The van der Waals surface area contributed by atoms with Gasteiger partial charge in [-0.2, -0.15) is 4.98 Å². The molecular weight excluding hydrogens is 611 g/mol. The summed E-state index contributed by atoms with van der Waals surface area (Å²) in [6.07, 6.45) is 1.28. The Labute approximate surface area is 271 Å². The maximum absolute atomic E-state index is 15.3. The number of hydrogen-bond acceptors (Lipinski definition) is 9. The topological polar surface area (TPSA) is 110 Å². The van der Waals surface area contributed by atoms with Crippen molar-refractivity contribution in [1.82, 2.24) is 29.4 Å². The van der Waals surface area contributed by atoms with Gasteiger partial charge in [0.1, 0.15) is 28.7 Å². The van der Waals surface area contributed by atoms with E-state index in [2.05, 4.69) is 11.6 Å². The summed E-state index contributed by atoms with van der Waals surface area (Å²) in [6.45, 7) is 12.9. The molecule has 3 aromatic heterocycles. The van der Waals surface area contributed by atoms with Crippen molar-refractivity contribution in [2.45, 2.75) is 45.6 Å². The van der Waals surface area contributed by atoms with Crippen LogP contribution < -0.4 is 20.2 Å². The lowest BCUT2D eigenvalue weighted by Gasteiger charge is -2.40. The van der Waals surface area contributed by atoms with Crippen LogP contribution in [0.25, 0.3) is 28.0 Å². The number of carbonyl (C=O) groups is 1. The summed E-state index contributed by atoms with van der Waals surface area (Å²) in [7, 11) is 3.73. The summed E-state index contributed by atoms with van der Waals surface area (Å²) in [5, 5.41) is 0.508. The van der Waals surface area contributed by atoms with E-state index in [1.807, 2.05) is 51.6 Å². The molecule has 11 nitrogen and oxygen atoms in total. The molecule has 2 aliphatic rings. The van der Waals surface area contributed by atoms with E-state index >= 15 is 4.39 Å². The van der Waals surface area contributed by atoms with Gasteiger partial charge in [-0.3, -0.25) is 4.79 Å². The smallest absolute Gasteiger partial charge is 0.355 e. The van der Waals surface area contributed by atoms with Crippen molar-refractivity contribution < 1.29 is 13.9 Å². The first-order valence-corrected chi connectivity index (χ1v) is 15.6. The van der Waals surface area contributed by atoms with Crippen molar-refractivity contribution in [3.05, 3.63) is 69.6 Å². The van der Waals surface area contributed by atoms with Gasteiger partial charge >= 0.3 is 5.69 Å². The first kappa shape index (κ1) is 31.4. The zero-order valence-corrected chi connectivity index (χ0v) is 27.5. The van der Waals surface area contributed by atoms with Gasteiger partial charge in [0, 0.05) is 39.3 Å². The molecule has 1 aromatic carbocycles. The van der Waals surface area contributed by atoms with Crippen molar-refractivity contribution in [3.63, 3.8) is 0 Å².